The highest BCUT2D eigenvalue weighted by molar-refractivity contribution is 5.77. The van der Waals surface area contributed by atoms with Crippen LogP contribution in [0.3, 0.4) is 0 Å². The lowest BCUT2D eigenvalue weighted by Gasteiger charge is -2.20. The van der Waals surface area contributed by atoms with E-state index in [2.05, 4.69) is 10.2 Å². The number of ether oxygens (including phenoxy) is 1. The van der Waals surface area contributed by atoms with Gasteiger partial charge in [-0.2, -0.15) is 5.10 Å². The van der Waals surface area contributed by atoms with Crippen molar-refractivity contribution in [2.45, 2.75) is 13.0 Å². The third-order valence-electron chi connectivity index (χ3n) is 3.56. The van der Waals surface area contributed by atoms with Gasteiger partial charge < -0.3 is 9.64 Å². The molecule has 3 rings (SSSR count). The van der Waals surface area contributed by atoms with Crippen molar-refractivity contribution in [3.8, 4) is 5.75 Å². The van der Waals surface area contributed by atoms with Gasteiger partial charge in [-0.1, -0.05) is 0 Å². The van der Waals surface area contributed by atoms with E-state index in [0.717, 1.165) is 0 Å². The van der Waals surface area contributed by atoms with Crippen molar-refractivity contribution in [2.75, 3.05) is 19.7 Å². The van der Waals surface area contributed by atoms with E-state index in [-0.39, 0.29) is 24.0 Å². The molecule has 0 unspecified atom stereocenters. The van der Waals surface area contributed by atoms with Crippen molar-refractivity contribution < 1.29 is 13.9 Å². The maximum Gasteiger partial charge on any atom is 0.343 e. The highest BCUT2D eigenvalue weighted by Gasteiger charge is 2.20. The highest BCUT2D eigenvalue weighted by atomic mass is 19.1. The van der Waals surface area contributed by atoms with Crippen LogP contribution in [0.4, 0.5) is 4.39 Å². The molecule has 1 aromatic heterocycles. The fourth-order valence-electron chi connectivity index (χ4n) is 2.36. The van der Waals surface area contributed by atoms with Gasteiger partial charge in [-0.3, -0.25) is 9.36 Å². The lowest BCUT2D eigenvalue weighted by molar-refractivity contribution is -0.133. The first-order valence-electron chi connectivity index (χ1n) is 6.94. The molecule has 0 radical (unpaired) electrons. The SMILES string of the molecule is O=C(COc1ccc(F)cc1)N1CCc2n[nH]c(=O)n2CC1. The Morgan fingerprint density at radius 2 is 2.05 bits per heavy atom. The minimum Gasteiger partial charge on any atom is -0.484 e. The summed E-state index contributed by atoms with van der Waals surface area (Å²) in [7, 11) is 0. The molecule has 1 amide bonds. The zero-order chi connectivity index (χ0) is 15.5. The molecule has 2 aromatic rings. The number of halogens is 1. The Labute approximate surface area is 125 Å². The fourth-order valence-corrected chi connectivity index (χ4v) is 2.36. The smallest absolute Gasteiger partial charge is 0.343 e. The second kappa shape index (κ2) is 6.00. The monoisotopic (exact) mass is 306 g/mol. The molecule has 1 aromatic carbocycles. The Hall–Kier alpha value is -2.64. The molecule has 1 aliphatic rings. The molecule has 1 aliphatic heterocycles. The Bertz CT molecular complexity index is 722. The topological polar surface area (TPSA) is 80.2 Å². The van der Waals surface area contributed by atoms with Crippen molar-refractivity contribution in [2.24, 2.45) is 0 Å². The fraction of sp³-hybridized carbons (Fsp3) is 0.357. The van der Waals surface area contributed by atoms with Gasteiger partial charge in [0.2, 0.25) is 0 Å². The number of hydrogen-bond donors (Lipinski definition) is 1. The molecule has 0 saturated carbocycles. The summed E-state index contributed by atoms with van der Waals surface area (Å²) in [6.45, 7) is 1.20. The van der Waals surface area contributed by atoms with Gasteiger partial charge in [0.15, 0.2) is 6.61 Å². The zero-order valence-corrected chi connectivity index (χ0v) is 11.8. The molecule has 1 N–H and O–H groups in total. The largest absolute Gasteiger partial charge is 0.484 e. The van der Waals surface area contributed by atoms with Crippen LogP contribution >= 0.6 is 0 Å². The minimum atomic E-state index is -0.356. The van der Waals surface area contributed by atoms with E-state index in [4.69, 9.17) is 4.74 Å². The third kappa shape index (κ3) is 3.00. The third-order valence-corrected chi connectivity index (χ3v) is 3.56. The van der Waals surface area contributed by atoms with Gasteiger partial charge in [0.25, 0.3) is 5.91 Å². The number of aromatic amines is 1. The summed E-state index contributed by atoms with van der Waals surface area (Å²) in [4.78, 5) is 25.3. The minimum absolute atomic E-state index is 0.121. The van der Waals surface area contributed by atoms with E-state index in [1.807, 2.05) is 0 Å². The lowest BCUT2D eigenvalue weighted by atomic mass is 10.3. The van der Waals surface area contributed by atoms with Gasteiger partial charge in [0.05, 0.1) is 0 Å². The standard InChI is InChI=1S/C14H15FN4O3/c15-10-1-3-11(4-2-10)22-9-13(20)18-6-5-12-16-17-14(21)19(12)8-7-18/h1-4H,5-9H2,(H,17,21). The maximum absolute atomic E-state index is 12.8. The predicted octanol–water partition coefficient (Wildman–Crippen LogP) is 0.174. The van der Waals surface area contributed by atoms with Gasteiger partial charge in [0.1, 0.15) is 17.4 Å². The summed E-state index contributed by atoms with van der Waals surface area (Å²) >= 11 is 0. The molecule has 0 fully saturated rings. The van der Waals surface area contributed by atoms with Crippen molar-refractivity contribution in [3.05, 3.63) is 46.4 Å². The average Bonchev–Trinajstić information content (AvgIpc) is 2.74. The molecule has 0 atom stereocenters. The first kappa shape index (κ1) is 14.3. The molecule has 0 saturated heterocycles. The van der Waals surface area contributed by atoms with Crippen LogP contribution < -0.4 is 10.4 Å². The molecule has 116 valence electrons. The number of fused-ring (bicyclic) bond motifs is 1. The van der Waals surface area contributed by atoms with Gasteiger partial charge in [0, 0.05) is 26.1 Å². The normalized spacial score (nSPS) is 14.3. The number of nitrogens with one attached hydrogen (secondary N) is 1. The first-order chi connectivity index (χ1) is 10.6. The van der Waals surface area contributed by atoms with Crippen LogP contribution in [0.15, 0.2) is 29.1 Å². The maximum atomic E-state index is 12.8. The number of rotatable bonds is 3. The van der Waals surface area contributed by atoms with Crippen LogP contribution in [0, 0.1) is 5.82 Å². The van der Waals surface area contributed by atoms with Crippen molar-refractivity contribution in [3.63, 3.8) is 0 Å². The van der Waals surface area contributed by atoms with Crippen LogP contribution in [-0.2, 0) is 17.8 Å². The van der Waals surface area contributed by atoms with Crippen LogP contribution in [0.5, 0.6) is 5.75 Å². The molecular formula is C14H15FN4O3. The molecule has 0 spiro atoms. The molecular weight excluding hydrogens is 291 g/mol. The van der Waals surface area contributed by atoms with E-state index in [0.29, 0.717) is 37.6 Å². The van der Waals surface area contributed by atoms with Crippen LogP contribution in [0.1, 0.15) is 5.82 Å². The lowest BCUT2D eigenvalue weighted by Crippen LogP contribution is -2.37. The zero-order valence-electron chi connectivity index (χ0n) is 11.8. The average molecular weight is 306 g/mol. The van der Waals surface area contributed by atoms with E-state index in [1.54, 1.807) is 4.90 Å². The van der Waals surface area contributed by atoms with Crippen LogP contribution in [0.25, 0.3) is 0 Å². The number of carbonyl (C=O) groups is 1. The number of aromatic nitrogens is 3. The summed E-state index contributed by atoms with van der Waals surface area (Å²) in [6.07, 6.45) is 0.515. The van der Waals surface area contributed by atoms with Gasteiger partial charge in [-0.05, 0) is 24.3 Å². The predicted molar refractivity (Wildman–Crippen MR) is 75.0 cm³/mol. The van der Waals surface area contributed by atoms with Crippen molar-refractivity contribution in [1.82, 2.24) is 19.7 Å². The summed E-state index contributed by atoms with van der Waals surface area (Å²) < 4.78 is 19.7. The second-order valence-corrected chi connectivity index (χ2v) is 4.97. The quantitative estimate of drug-likeness (QED) is 0.877. The Balaban J connectivity index is 1.57. The highest BCUT2D eigenvalue weighted by Crippen LogP contribution is 2.11. The molecule has 0 aliphatic carbocycles. The van der Waals surface area contributed by atoms with Crippen LogP contribution in [0.2, 0.25) is 0 Å². The molecule has 2 heterocycles. The summed E-state index contributed by atoms with van der Waals surface area (Å²) in [5, 5.41) is 6.33. The number of H-pyrrole nitrogens is 1. The van der Waals surface area contributed by atoms with Gasteiger partial charge in [-0.25, -0.2) is 14.3 Å². The van der Waals surface area contributed by atoms with Crippen molar-refractivity contribution >= 4 is 5.91 Å². The second-order valence-electron chi connectivity index (χ2n) is 4.97. The molecule has 8 heteroatoms. The van der Waals surface area contributed by atoms with Gasteiger partial charge >= 0.3 is 5.69 Å². The summed E-state index contributed by atoms with van der Waals surface area (Å²) in [5.74, 6) is 0.561. The van der Waals surface area contributed by atoms with E-state index >= 15 is 0 Å². The summed E-state index contributed by atoms with van der Waals surface area (Å²) in [6, 6.07) is 5.49. The molecule has 22 heavy (non-hydrogen) atoms. The molecule has 0 bridgehead atoms. The Kier molecular flexibility index (Phi) is 3.90. The van der Waals surface area contributed by atoms with Crippen molar-refractivity contribution in [1.29, 1.82) is 0 Å². The van der Waals surface area contributed by atoms with Gasteiger partial charge in [-0.15, -0.1) is 0 Å². The van der Waals surface area contributed by atoms with E-state index in [9.17, 15) is 14.0 Å². The Morgan fingerprint density at radius 1 is 1.27 bits per heavy atom. The van der Waals surface area contributed by atoms with Crippen LogP contribution in [-0.4, -0.2) is 45.3 Å². The number of hydrogen-bond acceptors (Lipinski definition) is 4. The number of carbonyl (C=O) groups excluding carboxylic acids is 1. The number of nitrogens with zero attached hydrogens (tertiary/aromatic N) is 3. The van der Waals surface area contributed by atoms with E-state index < -0.39 is 0 Å². The number of amides is 1. The van der Waals surface area contributed by atoms with E-state index in [1.165, 1.54) is 28.8 Å². The summed E-state index contributed by atoms with van der Waals surface area (Å²) in [5.41, 5.74) is -0.258. The first-order valence-corrected chi connectivity index (χ1v) is 6.94. The number of benzene rings is 1. The molecule has 7 nitrogen and oxygen atoms in total. The Morgan fingerprint density at radius 3 is 2.82 bits per heavy atom.